The SMILES string of the molecule is O=C1CCC2=C1C(c1ccccc1F)c1c(ccc3ncccc13)N2. The molecule has 3 nitrogen and oxygen atoms in total. The third kappa shape index (κ3) is 2.03. The molecule has 0 radical (unpaired) electrons. The van der Waals surface area contributed by atoms with Crippen LogP contribution in [-0.2, 0) is 4.79 Å². The Kier molecular flexibility index (Phi) is 3.01. The van der Waals surface area contributed by atoms with Crippen molar-refractivity contribution < 1.29 is 9.18 Å². The number of halogens is 1. The van der Waals surface area contributed by atoms with Crippen molar-refractivity contribution in [1.29, 1.82) is 0 Å². The minimum absolute atomic E-state index is 0.0993. The van der Waals surface area contributed by atoms with Gasteiger partial charge in [0.1, 0.15) is 5.82 Å². The number of benzene rings is 2. The molecule has 1 aliphatic carbocycles. The number of anilines is 1. The molecule has 0 amide bonds. The van der Waals surface area contributed by atoms with E-state index >= 15 is 0 Å². The Bertz CT molecular complexity index is 1070. The van der Waals surface area contributed by atoms with Crippen molar-refractivity contribution in [3.05, 3.63) is 82.9 Å². The zero-order chi connectivity index (χ0) is 17.0. The third-order valence-corrected chi connectivity index (χ3v) is 5.13. The van der Waals surface area contributed by atoms with Crippen molar-refractivity contribution in [2.75, 3.05) is 5.32 Å². The Morgan fingerprint density at radius 1 is 1.04 bits per heavy atom. The molecule has 0 saturated heterocycles. The number of pyridine rings is 1. The van der Waals surface area contributed by atoms with Crippen LogP contribution in [0.2, 0.25) is 0 Å². The van der Waals surface area contributed by atoms with Gasteiger partial charge < -0.3 is 5.32 Å². The summed E-state index contributed by atoms with van der Waals surface area (Å²) in [5.74, 6) is -0.578. The molecular weight excluding hydrogens is 315 g/mol. The average molecular weight is 330 g/mol. The van der Waals surface area contributed by atoms with E-state index in [2.05, 4.69) is 10.3 Å². The number of nitrogens with one attached hydrogen (secondary N) is 1. The van der Waals surface area contributed by atoms with Crippen LogP contribution in [0.15, 0.2) is 66.0 Å². The molecule has 2 heterocycles. The molecule has 0 saturated carbocycles. The van der Waals surface area contributed by atoms with Gasteiger partial charge in [0, 0.05) is 46.4 Å². The van der Waals surface area contributed by atoms with Crippen molar-refractivity contribution in [2.24, 2.45) is 0 Å². The lowest BCUT2D eigenvalue weighted by molar-refractivity contribution is -0.115. The standard InChI is InChI=1S/C21H15FN2O/c22-14-6-2-1-4-12(14)20-19-13-5-3-11-23-15(13)7-8-16(19)24-17-9-10-18(25)21(17)20/h1-8,11,20,24H,9-10H2. The summed E-state index contributed by atoms with van der Waals surface area (Å²) in [6.07, 6.45) is 2.91. The van der Waals surface area contributed by atoms with Crippen molar-refractivity contribution in [3.8, 4) is 0 Å². The van der Waals surface area contributed by atoms with Gasteiger partial charge in [0.25, 0.3) is 0 Å². The summed E-state index contributed by atoms with van der Waals surface area (Å²) < 4.78 is 14.7. The van der Waals surface area contributed by atoms with Crippen molar-refractivity contribution in [1.82, 2.24) is 4.98 Å². The maximum Gasteiger partial charge on any atom is 0.161 e. The molecule has 3 aromatic rings. The maximum atomic E-state index is 14.7. The highest BCUT2D eigenvalue weighted by atomic mass is 19.1. The number of fused-ring (bicyclic) bond motifs is 3. The predicted octanol–water partition coefficient (Wildman–Crippen LogP) is 4.55. The Morgan fingerprint density at radius 3 is 2.80 bits per heavy atom. The number of rotatable bonds is 1. The molecule has 5 rings (SSSR count). The molecule has 122 valence electrons. The molecular formula is C21H15FN2O. The third-order valence-electron chi connectivity index (χ3n) is 5.13. The Labute approximate surface area is 144 Å². The van der Waals surface area contributed by atoms with Gasteiger partial charge in [-0.1, -0.05) is 24.3 Å². The van der Waals surface area contributed by atoms with Gasteiger partial charge >= 0.3 is 0 Å². The van der Waals surface area contributed by atoms with Crippen LogP contribution in [0, 0.1) is 5.82 Å². The van der Waals surface area contributed by atoms with E-state index < -0.39 is 5.92 Å². The van der Waals surface area contributed by atoms with E-state index in [1.165, 1.54) is 6.07 Å². The summed E-state index contributed by atoms with van der Waals surface area (Å²) in [5.41, 5.74) is 4.89. The van der Waals surface area contributed by atoms with E-state index in [1.54, 1.807) is 18.3 Å². The lowest BCUT2D eigenvalue weighted by Gasteiger charge is -2.30. The first-order chi connectivity index (χ1) is 12.2. The maximum absolute atomic E-state index is 14.7. The average Bonchev–Trinajstić information content (AvgIpc) is 3.01. The lowest BCUT2D eigenvalue weighted by atomic mass is 9.79. The second kappa shape index (κ2) is 5.24. The lowest BCUT2D eigenvalue weighted by Crippen LogP contribution is -2.20. The fourth-order valence-corrected chi connectivity index (χ4v) is 4.06. The number of hydrogen-bond donors (Lipinski definition) is 1. The minimum atomic E-state index is -0.393. The van der Waals surface area contributed by atoms with Crippen LogP contribution < -0.4 is 5.32 Å². The molecule has 0 spiro atoms. The van der Waals surface area contributed by atoms with E-state index in [-0.39, 0.29) is 11.6 Å². The van der Waals surface area contributed by atoms with Gasteiger partial charge in [0.15, 0.2) is 5.78 Å². The number of carbonyl (C=O) groups excluding carboxylic acids is 1. The topological polar surface area (TPSA) is 42.0 Å². The largest absolute Gasteiger partial charge is 0.358 e. The van der Waals surface area contributed by atoms with E-state index in [1.807, 2.05) is 30.3 Å². The predicted molar refractivity (Wildman–Crippen MR) is 94.9 cm³/mol. The highest BCUT2D eigenvalue weighted by Gasteiger charge is 2.38. The normalized spacial score (nSPS) is 18.9. The molecule has 1 unspecified atom stereocenters. The fourth-order valence-electron chi connectivity index (χ4n) is 4.06. The molecule has 25 heavy (non-hydrogen) atoms. The van der Waals surface area contributed by atoms with E-state index in [0.29, 0.717) is 24.0 Å². The van der Waals surface area contributed by atoms with Crippen LogP contribution in [0.4, 0.5) is 10.1 Å². The quantitative estimate of drug-likeness (QED) is 0.712. The number of nitrogens with zero attached hydrogens (tertiary/aromatic N) is 1. The number of ketones is 1. The van der Waals surface area contributed by atoms with Gasteiger partial charge in [-0.3, -0.25) is 9.78 Å². The second-order valence-electron chi connectivity index (χ2n) is 6.49. The van der Waals surface area contributed by atoms with Crippen LogP contribution in [0.1, 0.15) is 29.9 Å². The van der Waals surface area contributed by atoms with Gasteiger partial charge in [-0.05, 0) is 36.2 Å². The summed E-state index contributed by atoms with van der Waals surface area (Å²) in [5, 5.41) is 4.36. The highest BCUT2D eigenvalue weighted by Crippen LogP contribution is 2.48. The van der Waals surface area contributed by atoms with Crippen LogP contribution in [-0.4, -0.2) is 10.8 Å². The molecule has 0 fully saturated rings. The van der Waals surface area contributed by atoms with Gasteiger partial charge in [-0.25, -0.2) is 4.39 Å². The van der Waals surface area contributed by atoms with Crippen molar-refractivity contribution in [3.63, 3.8) is 0 Å². The molecule has 2 aromatic carbocycles. The summed E-state index contributed by atoms with van der Waals surface area (Å²) in [6, 6.07) is 14.5. The number of allylic oxidation sites excluding steroid dienone is 2. The smallest absolute Gasteiger partial charge is 0.161 e. The molecule has 1 atom stereocenters. The molecule has 1 aromatic heterocycles. The zero-order valence-electron chi connectivity index (χ0n) is 13.4. The van der Waals surface area contributed by atoms with Gasteiger partial charge in [0.05, 0.1) is 5.52 Å². The summed E-state index contributed by atoms with van der Waals surface area (Å²) in [7, 11) is 0. The van der Waals surface area contributed by atoms with Crippen LogP contribution >= 0.6 is 0 Å². The summed E-state index contributed by atoms with van der Waals surface area (Å²) in [6.45, 7) is 0. The molecule has 1 aliphatic heterocycles. The van der Waals surface area contributed by atoms with Gasteiger partial charge in [-0.15, -0.1) is 0 Å². The fraction of sp³-hybridized carbons (Fsp3) is 0.143. The Hall–Kier alpha value is -3.01. The first-order valence-corrected chi connectivity index (χ1v) is 8.39. The summed E-state index contributed by atoms with van der Waals surface area (Å²) >= 11 is 0. The first kappa shape index (κ1) is 14.3. The Morgan fingerprint density at radius 2 is 1.92 bits per heavy atom. The highest BCUT2D eigenvalue weighted by molar-refractivity contribution is 6.05. The van der Waals surface area contributed by atoms with Crippen LogP contribution in [0.25, 0.3) is 10.9 Å². The first-order valence-electron chi connectivity index (χ1n) is 8.39. The van der Waals surface area contributed by atoms with Gasteiger partial charge in [-0.2, -0.15) is 0 Å². The molecule has 0 bridgehead atoms. The number of hydrogen-bond acceptors (Lipinski definition) is 3. The molecule has 4 heteroatoms. The summed E-state index contributed by atoms with van der Waals surface area (Å²) in [4.78, 5) is 17.0. The van der Waals surface area contributed by atoms with Crippen molar-refractivity contribution >= 4 is 22.4 Å². The Balaban J connectivity index is 1.87. The van der Waals surface area contributed by atoms with E-state index in [0.717, 1.165) is 27.9 Å². The van der Waals surface area contributed by atoms with E-state index in [9.17, 15) is 9.18 Å². The number of carbonyl (C=O) groups is 1. The van der Waals surface area contributed by atoms with Crippen LogP contribution in [0.3, 0.4) is 0 Å². The van der Waals surface area contributed by atoms with Crippen LogP contribution in [0.5, 0.6) is 0 Å². The van der Waals surface area contributed by atoms with Crippen molar-refractivity contribution in [2.45, 2.75) is 18.8 Å². The number of Topliss-reactive ketones (excluding diaryl/α,β-unsaturated/α-hetero) is 1. The molecule has 1 N–H and O–H groups in total. The monoisotopic (exact) mass is 330 g/mol. The minimum Gasteiger partial charge on any atom is -0.358 e. The zero-order valence-corrected chi connectivity index (χ0v) is 13.4. The van der Waals surface area contributed by atoms with E-state index in [4.69, 9.17) is 0 Å². The van der Waals surface area contributed by atoms with Gasteiger partial charge in [0.2, 0.25) is 0 Å². The number of aromatic nitrogens is 1. The second-order valence-corrected chi connectivity index (χ2v) is 6.49. The molecule has 2 aliphatic rings.